The molecule has 0 spiro atoms. The number of hydrogen-bond acceptors (Lipinski definition) is 4. The maximum atomic E-state index is 12.6. The second-order valence-corrected chi connectivity index (χ2v) is 5.61. The molecule has 22 heavy (non-hydrogen) atoms. The number of pyridine rings is 1. The molecule has 0 saturated heterocycles. The molecule has 0 aliphatic heterocycles. The number of aliphatic hydroxyl groups excluding tert-OH is 1. The van der Waals surface area contributed by atoms with E-state index in [1.165, 1.54) is 13.2 Å². The van der Waals surface area contributed by atoms with Gasteiger partial charge in [-0.05, 0) is 32.0 Å². The van der Waals surface area contributed by atoms with Crippen molar-refractivity contribution in [3.05, 3.63) is 59.4 Å². The van der Waals surface area contributed by atoms with Crippen molar-refractivity contribution in [3.63, 3.8) is 0 Å². The van der Waals surface area contributed by atoms with Crippen molar-refractivity contribution in [3.8, 4) is 11.3 Å². The van der Waals surface area contributed by atoms with Crippen LogP contribution in [-0.4, -0.2) is 18.2 Å². The molecule has 0 bridgehead atoms. The number of rotatable bonds is 4. The van der Waals surface area contributed by atoms with Crippen molar-refractivity contribution in [2.45, 2.75) is 20.0 Å². The minimum absolute atomic E-state index is 0.108. The lowest BCUT2D eigenvalue weighted by Gasteiger charge is -2.26. The molecular weight excluding hydrogens is 282 g/mol. The first-order valence-electron chi connectivity index (χ1n) is 6.94. The summed E-state index contributed by atoms with van der Waals surface area (Å²) in [4.78, 5) is 11.8. The summed E-state index contributed by atoms with van der Waals surface area (Å²) in [5.74, 6) is -0.579. The number of carbonyl (C=O) groups is 1. The molecule has 0 aliphatic rings. The average molecular weight is 301 g/mol. The number of esters is 1. The van der Waals surface area contributed by atoms with Gasteiger partial charge in [0.15, 0.2) is 6.10 Å². The quantitative estimate of drug-likeness (QED) is 0.534. The van der Waals surface area contributed by atoms with Gasteiger partial charge >= 0.3 is 5.97 Å². The Morgan fingerprint density at radius 1 is 1.18 bits per heavy atom. The van der Waals surface area contributed by atoms with Gasteiger partial charge in [0.2, 0.25) is 11.4 Å². The molecule has 0 amide bonds. The number of nitrogens with zero attached hydrogens (tertiary/aromatic N) is 1. The number of benzene rings is 1. The Balaban J connectivity index is 2.48. The van der Waals surface area contributed by atoms with E-state index in [1.54, 1.807) is 26.0 Å². The summed E-state index contributed by atoms with van der Waals surface area (Å²) < 4.78 is 5.36. The molecule has 1 aromatic carbocycles. The first-order valence-corrected chi connectivity index (χ1v) is 6.94. The van der Waals surface area contributed by atoms with Gasteiger partial charge in [-0.25, -0.2) is 0 Å². The van der Waals surface area contributed by atoms with Crippen LogP contribution in [-0.2, 0) is 9.53 Å². The summed E-state index contributed by atoms with van der Waals surface area (Å²) in [5, 5.41) is 23.1. The second kappa shape index (κ2) is 6.15. The molecule has 1 aromatic heterocycles. The fourth-order valence-electron chi connectivity index (χ4n) is 2.28. The van der Waals surface area contributed by atoms with Gasteiger partial charge in [-0.15, -0.1) is 0 Å². The molecule has 0 radical (unpaired) electrons. The standard InChI is InChI=1S/C17H19NO4/c1-17(2,16(20)22-3)15(19)14-11-7-10-13(18(14)21)12-8-5-4-6-9-12/h4-11,15,19H,1-3H3/t15-/m1/s1. The minimum Gasteiger partial charge on any atom is -0.618 e. The van der Waals surface area contributed by atoms with Crippen molar-refractivity contribution >= 4 is 5.97 Å². The average Bonchev–Trinajstić information content (AvgIpc) is 2.54. The summed E-state index contributed by atoms with van der Waals surface area (Å²) >= 11 is 0. The third kappa shape index (κ3) is 2.80. The van der Waals surface area contributed by atoms with Crippen molar-refractivity contribution in [1.82, 2.24) is 0 Å². The second-order valence-electron chi connectivity index (χ2n) is 5.61. The molecule has 0 saturated carbocycles. The number of ether oxygens (including phenoxy) is 1. The first kappa shape index (κ1) is 16.0. The van der Waals surface area contributed by atoms with Crippen LogP contribution >= 0.6 is 0 Å². The number of methoxy groups -OCH3 is 1. The molecule has 2 aromatic rings. The minimum atomic E-state index is -1.28. The number of aliphatic hydroxyl groups is 1. The van der Waals surface area contributed by atoms with Gasteiger partial charge in [-0.3, -0.25) is 4.79 Å². The first-order chi connectivity index (χ1) is 10.4. The summed E-state index contributed by atoms with van der Waals surface area (Å²) in [6.07, 6.45) is -1.28. The van der Waals surface area contributed by atoms with Gasteiger partial charge in [0, 0.05) is 17.7 Å². The lowest BCUT2D eigenvalue weighted by Crippen LogP contribution is -2.42. The Kier molecular flexibility index (Phi) is 4.47. The van der Waals surface area contributed by atoms with Gasteiger partial charge in [-0.1, -0.05) is 18.2 Å². The van der Waals surface area contributed by atoms with Crippen LogP contribution in [0.15, 0.2) is 48.5 Å². The molecule has 5 heteroatoms. The number of carbonyl (C=O) groups excluding carboxylic acids is 1. The molecule has 0 aliphatic carbocycles. The maximum absolute atomic E-state index is 12.6. The van der Waals surface area contributed by atoms with Crippen LogP contribution in [0.3, 0.4) is 0 Å². The molecule has 116 valence electrons. The fraction of sp³-hybridized carbons (Fsp3) is 0.294. The van der Waals surface area contributed by atoms with E-state index in [9.17, 15) is 15.1 Å². The van der Waals surface area contributed by atoms with Gasteiger partial charge in [-0.2, -0.15) is 4.73 Å². The van der Waals surface area contributed by atoms with E-state index in [2.05, 4.69) is 0 Å². The van der Waals surface area contributed by atoms with Gasteiger partial charge in [0.1, 0.15) is 0 Å². The smallest absolute Gasteiger partial charge is 0.314 e. The SMILES string of the molecule is COC(=O)C(C)(C)[C@H](O)c1cccc(-c2ccccc2)[n+]1[O-]. The molecule has 5 nitrogen and oxygen atoms in total. The van der Waals surface area contributed by atoms with E-state index in [4.69, 9.17) is 4.74 Å². The van der Waals surface area contributed by atoms with E-state index in [0.717, 1.165) is 5.56 Å². The Morgan fingerprint density at radius 3 is 2.41 bits per heavy atom. The predicted molar refractivity (Wildman–Crippen MR) is 81.6 cm³/mol. The molecule has 1 heterocycles. The van der Waals surface area contributed by atoms with Gasteiger partial charge in [0.25, 0.3) is 0 Å². The normalized spacial score (nSPS) is 12.7. The number of hydrogen-bond donors (Lipinski definition) is 1. The molecular formula is C17H19NO4. The molecule has 0 fully saturated rings. The van der Waals surface area contributed by atoms with E-state index in [0.29, 0.717) is 10.4 Å². The van der Waals surface area contributed by atoms with Crippen molar-refractivity contribution < 1.29 is 19.4 Å². The van der Waals surface area contributed by atoms with Crippen molar-refractivity contribution in [2.75, 3.05) is 7.11 Å². The predicted octanol–water partition coefficient (Wildman–Crippen LogP) is 2.22. The van der Waals surface area contributed by atoms with Crippen molar-refractivity contribution in [2.24, 2.45) is 5.41 Å². The van der Waals surface area contributed by atoms with Crippen LogP contribution in [0.1, 0.15) is 25.6 Å². The van der Waals surface area contributed by atoms with E-state index < -0.39 is 17.5 Å². The Labute approximate surface area is 129 Å². The Bertz CT molecular complexity index is 668. The zero-order valence-corrected chi connectivity index (χ0v) is 12.8. The van der Waals surface area contributed by atoms with Gasteiger partial charge in [0.05, 0.1) is 12.5 Å². The summed E-state index contributed by atoms with van der Waals surface area (Å²) in [5.41, 5.74) is 0.0351. The van der Waals surface area contributed by atoms with Crippen LogP contribution in [0, 0.1) is 10.6 Å². The topological polar surface area (TPSA) is 73.5 Å². The van der Waals surface area contributed by atoms with E-state index in [1.807, 2.05) is 30.3 Å². The lowest BCUT2D eigenvalue weighted by molar-refractivity contribution is -0.608. The highest BCUT2D eigenvalue weighted by atomic mass is 16.5. The largest absolute Gasteiger partial charge is 0.618 e. The molecule has 1 N–H and O–H groups in total. The summed E-state index contributed by atoms with van der Waals surface area (Å²) in [6.45, 7) is 3.08. The zero-order valence-electron chi connectivity index (χ0n) is 12.8. The summed E-state index contributed by atoms with van der Waals surface area (Å²) in [7, 11) is 1.25. The molecule has 1 atom stereocenters. The Morgan fingerprint density at radius 2 is 1.82 bits per heavy atom. The van der Waals surface area contributed by atoms with E-state index >= 15 is 0 Å². The zero-order chi connectivity index (χ0) is 16.3. The highest BCUT2D eigenvalue weighted by molar-refractivity contribution is 5.76. The highest BCUT2D eigenvalue weighted by Crippen LogP contribution is 2.33. The van der Waals surface area contributed by atoms with E-state index in [-0.39, 0.29) is 5.69 Å². The third-order valence-electron chi connectivity index (χ3n) is 3.72. The molecule has 0 unspecified atom stereocenters. The van der Waals surface area contributed by atoms with Crippen LogP contribution in [0.5, 0.6) is 0 Å². The van der Waals surface area contributed by atoms with Crippen LogP contribution in [0.25, 0.3) is 11.3 Å². The summed E-state index contributed by atoms with van der Waals surface area (Å²) in [6, 6.07) is 14.0. The van der Waals surface area contributed by atoms with Crippen LogP contribution in [0.4, 0.5) is 0 Å². The monoisotopic (exact) mass is 301 g/mol. The molecule has 2 rings (SSSR count). The highest BCUT2D eigenvalue weighted by Gasteiger charge is 2.42. The van der Waals surface area contributed by atoms with Crippen LogP contribution in [0.2, 0.25) is 0 Å². The number of aromatic nitrogens is 1. The maximum Gasteiger partial charge on any atom is 0.314 e. The Hall–Kier alpha value is -2.40. The fourth-order valence-corrected chi connectivity index (χ4v) is 2.28. The lowest BCUT2D eigenvalue weighted by atomic mass is 9.84. The third-order valence-corrected chi connectivity index (χ3v) is 3.72. The van der Waals surface area contributed by atoms with Gasteiger partial charge < -0.3 is 15.1 Å². The van der Waals surface area contributed by atoms with Crippen molar-refractivity contribution in [1.29, 1.82) is 0 Å². The van der Waals surface area contributed by atoms with Crippen LogP contribution < -0.4 is 4.73 Å².